The van der Waals surface area contributed by atoms with Crippen LogP contribution >= 0.6 is 11.6 Å². The van der Waals surface area contributed by atoms with Crippen LogP contribution in [-0.4, -0.2) is 88.2 Å². The van der Waals surface area contributed by atoms with Crippen LogP contribution in [0.15, 0.2) is 24.3 Å². The smallest absolute Gasteiger partial charge is 0.247 e. The zero-order valence-electron chi connectivity index (χ0n) is 20.2. The molecule has 3 heterocycles. The topological polar surface area (TPSA) is 90.4 Å². The number of halogens is 2. The van der Waals surface area contributed by atoms with Gasteiger partial charge in [0.2, 0.25) is 17.7 Å². The fraction of sp³-hybridized carbons (Fsp3) is 0.577. The molecule has 1 saturated carbocycles. The number of nitrogens with zero attached hydrogens (tertiary/aromatic N) is 3. The molecule has 194 valence electrons. The molecule has 0 radical (unpaired) electrons. The van der Waals surface area contributed by atoms with Crippen molar-refractivity contribution in [2.45, 2.75) is 63.4 Å². The number of fused-ring (bicyclic) bond motifs is 1. The lowest BCUT2D eigenvalue weighted by Crippen LogP contribution is -2.61. The maximum atomic E-state index is 13.4. The molecule has 8 nitrogen and oxygen atoms in total. The first-order valence-electron chi connectivity index (χ1n) is 12.5. The van der Waals surface area contributed by atoms with Crippen LogP contribution in [0.1, 0.15) is 44.6 Å². The van der Waals surface area contributed by atoms with Crippen molar-refractivity contribution in [2.75, 3.05) is 26.2 Å². The number of aliphatic hydroxyl groups excluding tert-OH is 1. The van der Waals surface area contributed by atoms with Gasteiger partial charge in [-0.2, -0.15) is 0 Å². The maximum absolute atomic E-state index is 13.4. The highest BCUT2D eigenvalue weighted by Crippen LogP contribution is 2.53. The van der Waals surface area contributed by atoms with Crippen molar-refractivity contribution in [2.24, 2.45) is 5.41 Å². The summed E-state index contributed by atoms with van der Waals surface area (Å²) in [5.74, 6) is -1.11. The van der Waals surface area contributed by atoms with Gasteiger partial charge in [-0.3, -0.25) is 14.4 Å². The number of amides is 3. The van der Waals surface area contributed by atoms with E-state index in [-0.39, 0.29) is 47.2 Å². The second-order valence-corrected chi connectivity index (χ2v) is 10.8. The summed E-state index contributed by atoms with van der Waals surface area (Å²) < 4.78 is 19.2. The molecule has 1 N–H and O–H groups in total. The van der Waals surface area contributed by atoms with Gasteiger partial charge in [0.05, 0.1) is 30.3 Å². The van der Waals surface area contributed by atoms with E-state index in [4.69, 9.17) is 16.3 Å². The Labute approximate surface area is 214 Å². The quantitative estimate of drug-likeness (QED) is 0.603. The van der Waals surface area contributed by atoms with Crippen LogP contribution in [0.2, 0.25) is 5.02 Å². The van der Waals surface area contributed by atoms with Gasteiger partial charge < -0.3 is 24.5 Å². The van der Waals surface area contributed by atoms with E-state index in [0.717, 1.165) is 19.3 Å². The van der Waals surface area contributed by atoms with Crippen molar-refractivity contribution in [3.05, 3.63) is 40.7 Å². The lowest BCUT2D eigenvalue weighted by atomic mass is 9.90. The molecule has 4 aliphatic rings. The normalized spacial score (nSPS) is 29.2. The summed E-state index contributed by atoms with van der Waals surface area (Å²) in [5.41, 5.74) is 0.618. The summed E-state index contributed by atoms with van der Waals surface area (Å²) >= 11 is 5.80. The molecule has 1 aromatic carbocycles. The number of hydrogen-bond acceptors (Lipinski definition) is 5. The molecule has 3 aliphatic heterocycles. The second kappa shape index (κ2) is 9.76. The Morgan fingerprint density at radius 1 is 1.28 bits per heavy atom. The molecule has 1 unspecified atom stereocenters. The van der Waals surface area contributed by atoms with Crippen LogP contribution in [0.25, 0.3) is 6.08 Å². The van der Waals surface area contributed by atoms with Crippen molar-refractivity contribution in [3.8, 4) is 0 Å². The van der Waals surface area contributed by atoms with E-state index in [1.165, 1.54) is 35.3 Å². The van der Waals surface area contributed by atoms with Crippen LogP contribution in [0, 0.1) is 11.2 Å². The molecule has 0 aromatic heterocycles. The summed E-state index contributed by atoms with van der Waals surface area (Å²) in [7, 11) is 0. The first kappa shape index (κ1) is 25.2. The highest BCUT2D eigenvalue weighted by molar-refractivity contribution is 6.30. The van der Waals surface area contributed by atoms with E-state index in [1.807, 2.05) is 0 Å². The van der Waals surface area contributed by atoms with Gasteiger partial charge in [-0.1, -0.05) is 17.7 Å². The van der Waals surface area contributed by atoms with Gasteiger partial charge in [-0.05, 0) is 61.8 Å². The molecular weight excluding hydrogens is 489 g/mol. The van der Waals surface area contributed by atoms with Crippen molar-refractivity contribution >= 4 is 35.4 Å². The highest BCUT2D eigenvalue weighted by Gasteiger charge is 2.52. The minimum atomic E-state index is -0.679. The summed E-state index contributed by atoms with van der Waals surface area (Å²) in [6.07, 6.45) is 5.56. The molecule has 1 spiro atoms. The maximum Gasteiger partial charge on any atom is 0.247 e. The molecule has 3 amide bonds. The number of piperidine rings is 1. The number of aliphatic hydroxyl groups is 1. The Kier molecular flexibility index (Phi) is 6.82. The molecule has 3 saturated heterocycles. The number of likely N-dealkylation sites (tertiary alicyclic amines) is 1. The fourth-order valence-electron chi connectivity index (χ4n) is 5.57. The molecular formula is C26H31ClFN3O5. The monoisotopic (exact) mass is 519 g/mol. The molecule has 36 heavy (non-hydrogen) atoms. The van der Waals surface area contributed by atoms with Crippen LogP contribution < -0.4 is 0 Å². The van der Waals surface area contributed by atoms with E-state index in [0.29, 0.717) is 31.7 Å². The van der Waals surface area contributed by atoms with Crippen molar-refractivity contribution in [1.29, 1.82) is 0 Å². The van der Waals surface area contributed by atoms with Gasteiger partial charge >= 0.3 is 0 Å². The van der Waals surface area contributed by atoms with Gasteiger partial charge in [0.15, 0.2) is 6.23 Å². The minimum Gasteiger partial charge on any atom is -0.391 e. The fourth-order valence-corrected chi connectivity index (χ4v) is 5.76. The van der Waals surface area contributed by atoms with Crippen molar-refractivity contribution in [1.82, 2.24) is 14.7 Å². The van der Waals surface area contributed by atoms with E-state index >= 15 is 0 Å². The molecule has 10 heteroatoms. The first-order valence-corrected chi connectivity index (χ1v) is 12.9. The number of ether oxygens (including phenoxy) is 1. The van der Waals surface area contributed by atoms with Gasteiger partial charge in [0.25, 0.3) is 0 Å². The lowest BCUT2D eigenvalue weighted by Gasteiger charge is -2.42. The third kappa shape index (κ3) is 4.76. The molecule has 1 aromatic rings. The molecule has 4 atom stereocenters. The predicted octanol–water partition coefficient (Wildman–Crippen LogP) is 2.43. The minimum absolute atomic E-state index is 0.00616. The predicted molar refractivity (Wildman–Crippen MR) is 130 cm³/mol. The Balaban J connectivity index is 1.16. The SMILES string of the molecule is C[C@H]1C(=O)N2[C@@H](CCC(=O)N3CCC4(CC4)C(O)C3)CO[C@@H]2CN1C(=O)C=Cc1ccc(F)c(Cl)c1. The van der Waals surface area contributed by atoms with Gasteiger partial charge in [0, 0.05) is 25.6 Å². The van der Waals surface area contributed by atoms with Crippen LogP contribution in [0.4, 0.5) is 4.39 Å². The third-order valence-electron chi connectivity index (χ3n) is 8.18. The number of β-amino-alcohol motifs (C(OH)–C–C–N with tert-alkyl or cyclic N) is 1. The molecule has 1 aliphatic carbocycles. The van der Waals surface area contributed by atoms with Crippen molar-refractivity contribution in [3.63, 3.8) is 0 Å². The summed E-state index contributed by atoms with van der Waals surface area (Å²) in [6, 6.07) is 3.26. The Morgan fingerprint density at radius 2 is 2.06 bits per heavy atom. The van der Waals surface area contributed by atoms with Crippen LogP contribution in [-0.2, 0) is 19.1 Å². The summed E-state index contributed by atoms with van der Waals surface area (Å²) in [5, 5.41) is 10.4. The van der Waals surface area contributed by atoms with Crippen molar-refractivity contribution < 1.29 is 28.6 Å². The van der Waals surface area contributed by atoms with E-state index in [1.54, 1.807) is 16.7 Å². The standard InChI is InChI=1S/C26H31ClFN3O5/c1-16-25(35)31-18(4-7-22(33)29-11-10-26(8-9-26)21(32)13-29)15-36-24(31)14-30(16)23(34)6-3-17-2-5-20(28)19(27)12-17/h2-3,5-6,12,16,18,21,24,32H,4,7-11,13-15H2,1H3/t16-,18-,21?,24+/m0/s1. The van der Waals surface area contributed by atoms with E-state index in [2.05, 4.69) is 0 Å². The Hall–Kier alpha value is -2.49. The van der Waals surface area contributed by atoms with E-state index in [9.17, 15) is 23.9 Å². The molecule has 4 fully saturated rings. The lowest BCUT2D eigenvalue weighted by molar-refractivity contribution is -0.160. The Bertz CT molecular complexity index is 1090. The average molecular weight is 520 g/mol. The Morgan fingerprint density at radius 3 is 2.75 bits per heavy atom. The molecule has 5 rings (SSSR count). The number of rotatable bonds is 5. The average Bonchev–Trinajstić information content (AvgIpc) is 3.53. The zero-order valence-corrected chi connectivity index (χ0v) is 21.0. The third-order valence-corrected chi connectivity index (χ3v) is 8.47. The summed E-state index contributed by atoms with van der Waals surface area (Å²) in [6.45, 7) is 3.28. The van der Waals surface area contributed by atoms with Gasteiger partial charge in [-0.15, -0.1) is 0 Å². The number of carbonyl (C=O) groups excluding carboxylic acids is 3. The number of piperazine rings is 1. The van der Waals surface area contributed by atoms with E-state index < -0.39 is 24.2 Å². The van der Waals surface area contributed by atoms with Crippen LogP contribution in [0.5, 0.6) is 0 Å². The van der Waals surface area contributed by atoms with Gasteiger partial charge in [0.1, 0.15) is 11.9 Å². The largest absolute Gasteiger partial charge is 0.391 e. The summed E-state index contributed by atoms with van der Waals surface area (Å²) in [4.78, 5) is 43.7. The molecule has 0 bridgehead atoms. The first-order chi connectivity index (χ1) is 17.2. The second-order valence-electron chi connectivity index (χ2n) is 10.4. The number of benzene rings is 1. The van der Waals surface area contributed by atoms with Crippen LogP contribution in [0.3, 0.4) is 0 Å². The van der Waals surface area contributed by atoms with Gasteiger partial charge in [-0.25, -0.2) is 4.39 Å². The number of carbonyl (C=O) groups is 3. The number of hydrogen-bond donors (Lipinski definition) is 1. The highest BCUT2D eigenvalue weighted by atomic mass is 35.5. The zero-order chi connectivity index (χ0) is 25.6.